The molecule has 0 fully saturated rings. The predicted molar refractivity (Wildman–Crippen MR) is 50.0 cm³/mol. The van der Waals surface area contributed by atoms with Gasteiger partial charge in [-0.15, -0.1) is 11.8 Å². The van der Waals surface area contributed by atoms with E-state index in [2.05, 4.69) is 13.0 Å². The average Bonchev–Trinajstić information content (AvgIpc) is 2.30. The van der Waals surface area contributed by atoms with Crippen molar-refractivity contribution in [2.75, 3.05) is 4.81 Å². The second-order valence-electron chi connectivity index (χ2n) is 2.59. The smallest absolute Gasteiger partial charge is 0.228 e. The summed E-state index contributed by atoms with van der Waals surface area (Å²) < 4.78 is 0. The van der Waals surface area contributed by atoms with Crippen molar-refractivity contribution in [1.29, 1.82) is 0 Å². The zero-order chi connectivity index (χ0) is 7.84. The van der Waals surface area contributed by atoms with Crippen LogP contribution in [-0.4, -0.2) is 13.4 Å². The normalized spacial score (nSPS) is 21.9. The van der Waals surface area contributed by atoms with Gasteiger partial charge in [-0.1, -0.05) is 12.1 Å². The quantitative estimate of drug-likeness (QED) is 0.535. The Hall–Kier alpha value is -0.565. The van der Waals surface area contributed by atoms with Crippen LogP contribution in [-0.2, 0) is 0 Å². The summed E-state index contributed by atoms with van der Waals surface area (Å²) in [5, 5.41) is 0.368. The number of benzene rings is 1. The van der Waals surface area contributed by atoms with Gasteiger partial charge in [-0.05, 0) is 19.1 Å². The van der Waals surface area contributed by atoms with Gasteiger partial charge in [0.05, 0.1) is 5.37 Å². The maximum atomic E-state index is 5.80. The van der Waals surface area contributed by atoms with Crippen LogP contribution in [0.25, 0.3) is 0 Å². The summed E-state index contributed by atoms with van der Waals surface area (Å²) in [6.07, 6.45) is 0. The van der Waals surface area contributed by atoms with Gasteiger partial charge in [0.15, 0.2) is 0 Å². The molecule has 1 nitrogen and oxygen atoms in total. The largest absolute Gasteiger partial charge is 0.413 e. The lowest BCUT2D eigenvalue weighted by Crippen LogP contribution is -2.22. The molecule has 0 unspecified atom stereocenters. The topological polar surface area (TPSA) is 3.24 Å². The van der Waals surface area contributed by atoms with E-state index in [4.69, 9.17) is 7.98 Å². The highest BCUT2D eigenvalue weighted by Gasteiger charge is 2.21. The second kappa shape index (κ2) is 2.49. The van der Waals surface area contributed by atoms with Gasteiger partial charge >= 0.3 is 0 Å². The Labute approximate surface area is 72.2 Å². The second-order valence-corrected chi connectivity index (χ2v) is 3.95. The standard InChI is InChI=1S/C8H8BNS/c1-6-10(9)7-4-2-3-5-8(7)11-6/h2-6H,1H3/t6-/m1/s1. The van der Waals surface area contributed by atoms with Gasteiger partial charge in [0.25, 0.3) is 0 Å². The minimum Gasteiger partial charge on any atom is -0.413 e. The Kier molecular flexibility index (Phi) is 1.60. The van der Waals surface area contributed by atoms with Gasteiger partial charge < -0.3 is 4.81 Å². The molecule has 1 aromatic rings. The van der Waals surface area contributed by atoms with Crippen molar-refractivity contribution >= 4 is 25.4 Å². The van der Waals surface area contributed by atoms with E-state index in [1.54, 1.807) is 16.6 Å². The minimum atomic E-state index is 0.368. The molecular formula is C8H8BNS. The van der Waals surface area contributed by atoms with Crippen LogP contribution in [0.2, 0.25) is 0 Å². The highest BCUT2D eigenvalue weighted by molar-refractivity contribution is 8.00. The highest BCUT2D eigenvalue weighted by atomic mass is 32.2. The number of rotatable bonds is 0. The molecule has 1 heterocycles. The van der Waals surface area contributed by atoms with Gasteiger partial charge in [0.2, 0.25) is 7.98 Å². The van der Waals surface area contributed by atoms with E-state index in [0.717, 1.165) is 5.69 Å². The van der Waals surface area contributed by atoms with Crippen LogP contribution in [0.5, 0.6) is 0 Å². The Bertz CT molecular complexity index is 277. The molecule has 0 N–H and O–H groups in total. The molecule has 2 rings (SSSR count). The van der Waals surface area contributed by atoms with E-state index in [0.29, 0.717) is 5.37 Å². The third-order valence-electron chi connectivity index (χ3n) is 1.83. The summed E-state index contributed by atoms with van der Waals surface area (Å²) in [4.78, 5) is 3.09. The molecule has 0 amide bonds. The first-order valence-corrected chi connectivity index (χ1v) is 4.46. The van der Waals surface area contributed by atoms with Crippen LogP contribution in [0.4, 0.5) is 5.69 Å². The molecule has 54 valence electrons. The van der Waals surface area contributed by atoms with Crippen molar-refractivity contribution in [3.63, 3.8) is 0 Å². The van der Waals surface area contributed by atoms with Crippen molar-refractivity contribution in [3.8, 4) is 0 Å². The Morgan fingerprint density at radius 1 is 1.45 bits per heavy atom. The van der Waals surface area contributed by atoms with Crippen molar-refractivity contribution in [3.05, 3.63) is 24.3 Å². The number of nitrogens with zero attached hydrogens (tertiary/aromatic N) is 1. The van der Waals surface area contributed by atoms with Gasteiger partial charge in [0.1, 0.15) is 0 Å². The molecule has 0 aromatic heterocycles. The maximum absolute atomic E-state index is 5.80. The molecule has 0 aliphatic carbocycles. The molecule has 1 aliphatic heterocycles. The molecule has 0 saturated heterocycles. The summed E-state index contributed by atoms with van der Waals surface area (Å²) in [5.74, 6) is 0. The summed E-state index contributed by atoms with van der Waals surface area (Å²) in [6.45, 7) is 2.10. The fourth-order valence-corrected chi connectivity index (χ4v) is 2.25. The third-order valence-corrected chi connectivity index (χ3v) is 3.00. The van der Waals surface area contributed by atoms with Crippen LogP contribution in [0.3, 0.4) is 0 Å². The molecule has 0 saturated carbocycles. The van der Waals surface area contributed by atoms with Gasteiger partial charge in [-0.3, -0.25) is 0 Å². The van der Waals surface area contributed by atoms with E-state index in [-0.39, 0.29) is 0 Å². The molecule has 0 bridgehead atoms. The molecule has 0 spiro atoms. The van der Waals surface area contributed by atoms with E-state index in [9.17, 15) is 0 Å². The predicted octanol–water partition coefficient (Wildman–Crippen LogP) is 2.03. The zero-order valence-electron chi connectivity index (χ0n) is 6.32. The van der Waals surface area contributed by atoms with Gasteiger partial charge in [-0.25, -0.2) is 0 Å². The minimum absolute atomic E-state index is 0.368. The van der Waals surface area contributed by atoms with Crippen LogP contribution in [0.15, 0.2) is 29.2 Å². The van der Waals surface area contributed by atoms with Crippen molar-refractivity contribution < 1.29 is 0 Å². The SMILES string of the molecule is [B]N1c2ccccc2S[C@@H]1C. The van der Waals surface area contributed by atoms with E-state index < -0.39 is 0 Å². The highest BCUT2D eigenvalue weighted by Crippen LogP contribution is 2.41. The van der Waals surface area contributed by atoms with Crippen molar-refractivity contribution in [1.82, 2.24) is 0 Å². The lowest BCUT2D eigenvalue weighted by molar-refractivity contribution is 1.04. The molecule has 3 heteroatoms. The van der Waals surface area contributed by atoms with Crippen molar-refractivity contribution in [2.24, 2.45) is 0 Å². The van der Waals surface area contributed by atoms with Gasteiger partial charge in [0, 0.05) is 10.6 Å². The first-order valence-electron chi connectivity index (χ1n) is 3.58. The Balaban J connectivity index is 2.47. The van der Waals surface area contributed by atoms with Crippen LogP contribution in [0, 0.1) is 0 Å². The third kappa shape index (κ3) is 1.04. The number of para-hydroxylation sites is 1. The van der Waals surface area contributed by atoms with E-state index in [1.165, 1.54) is 4.90 Å². The van der Waals surface area contributed by atoms with Crippen LogP contribution >= 0.6 is 11.8 Å². The number of hydrogen-bond donors (Lipinski definition) is 0. The lowest BCUT2D eigenvalue weighted by Gasteiger charge is -2.17. The zero-order valence-corrected chi connectivity index (χ0v) is 7.14. The van der Waals surface area contributed by atoms with E-state index >= 15 is 0 Å². The summed E-state index contributed by atoms with van der Waals surface area (Å²) in [6, 6.07) is 8.20. The summed E-state index contributed by atoms with van der Waals surface area (Å²) >= 11 is 1.80. The molecule has 1 aliphatic rings. The number of thioether (sulfide) groups is 1. The average molecular weight is 161 g/mol. The summed E-state index contributed by atoms with van der Waals surface area (Å²) in [5.41, 5.74) is 1.14. The fourth-order valence-electron chi connectivity index (χ4n) is 1.21. The molecule has 1 aromatic carbocycles. The van der Waals surface area contributed by atoms with Crippen LogP contribution < -0.4 is 4.81 Å². The lowest BCUT2D eigenvalue weighted by atomic mass is 10.2. The first-order chi connectivity index (χ1) is 5.29. The summed E-state index contributed by atoms with van der Waals surface area (Å²) in [7, 11) is 5.80. The Morgan fingerprint density at radius 3 is 2.91 bits per heavy atom. The van der Waals surface area contributed by atoms with Crippen LogP contribution in [0.1, 0.15) is 6.92 Å². The maximum Gasteiger partial charge on any atom is 0.228 e. The first kappa shape index (κ1) is 7.10. The van der Waals surface area contributed by atoms with Gasteiger partial charge in [-0.2, -0.15) is 0 Å². The molecule has 1 atom stereocenters. The molecule has 2 radical (unpaired) electrons. The van der Waals surface area contributed by atoms with E-state index in [1.807, 2.05) is 18.2 Å². The Morgan fingerprint density at radius 2 is 2.18 bits per heavy atom. The van der Waals surface area contributed by atoms with Crippen molar-refractivity contribution in [2.45, 2.75) is 17.2 Å². The molecule has 11 heavy (non-hydrogen) atoms. The monoisotopic (exact) mass is 161 g/mol. The number of anilines is 1. The number of fused-ring (bicyclic) bond motifs is 1. The molecular weight excluding hydrogens is 153 g/mol. The fraction of sp³-hybridized carbons (Fsp3) is 0.250. The number of hydrogen-bond acceptors (Lipinski definition) is 2.